The summed E-state index contributed by atoms with van der Waals surface area (Å²) >= 11 is 0. The highest BCUT2D eigenvalue weighted by Crippen LogP contribution is 2.33. The highest BCUT2D eigenvalue weighted by atomic mass is 16.2. The molecule has 2 amide bonds. The predicted molar refractivity (Wildman–Crippen MR) is 92.4 cm³/mol. The molecule has 0 spiro atoms. The number of hydrogen-bond acceptors (Lipinski definition) is 3. The molecule has 2 saturated carbocycles. The van der Waals surface area contributed by atoms with E-state index in [1.54, 1.807) is 0 Å². The van der Waals surface area contributed by atoms with Crippen LogP contribution in [0.2, 0.25) is 0 Å². The summed E-state index contributed by atoms with van der Waals surface area (Å²) in [6, 6.07) is 0.777. The van der Waals surface area contributed by atoms with Gasteiger partial charge in [0, 0.05) is 57.1 Å². The van der Waals surface area contributed by atoms with Crippen LogP contribution in [0.3, 0.4) is 0 Å². The van der Waals surface area contributed by atoms with Gasteiger partial charge in [0.25, 0.3) is 0 Å². The van der Waals surface area contributed by atoms with Gasteiger partial charge < -0.3 is 9.80 Å². The largest absolute Gasteiger partial charge is 0.342 e. The number of nitrogens with zero attached hydrogens (tertiary/aromatic N) is 3. The summed E-state index contributed by atoms with van der Waals surface area (Å²) in [5, 5.41) is 0. The number of rotatable bonds is 3. The number of piperazine rings is 1. The molecule has 0 N–H and O–H groups in total. The molecule has 0 radical (unpaired) electrons. The molecular formula is C19H31N3O2. The first kappa shape index (κ1) is 16.4. The molecule has 2 aliphatic heterocycles. The quantitative estimate of drug-likeness (QED) is 0.790. The van der Waals surface area contributed by atoms with Crippen LogP contribution >= 0.6 is 0 Å². The van der Waals surface area contributed by atoms with Gasteiger partial charge in [-0.2, -0.15) is 0 Å². The second-order valence-corrected chi connectivity index (χ2v) is 8.17. The molecule has 0 aromatic carbocycles. The molecule has 134 valence electrons. The Balaban J connectivity index is 1.22. The first-order valence-corrected chi connectivity index (χ1v) is 10.0. The van der Waals surface area contributed by atoms with Gasteiger partial charge in [0.2, 0.25) is 11.8 Å². The van der Waals surface area contributed by atoms with Crippen molar-refractivity contribution in [3.8, 4) is 0 Å². The zero-order chi connectivity index (χ0) is 16.5. The number of likely N-dealkylation sites (tertiary alicyclic amines) is 1. The van der Waals surface area contributed by atoms with E-state index < -0.39 is 0 Å². The second kappa shape index (κ2) is 7.03. The number of carbonyl (C=O) groups excluding carboxylic acids is 2. The van der Waals surface area contributed by atoms with Crippen LogP contribution in [0, 0.1) is 11.8 Å². The van der Waals surface area contributed by atoms with E-state index in [0.717, 1.165) is 71.0 Å². The van der Waals surface area contributed by atoms with Crippen LogP contribution < -0.4 is 0 Å². The van der Waals surface area contributed by atoms with Crippen molar-refractivity contribution in [3.05, 3.63) is 0 Å². The molecule has 2 heterocycles. The van der Waals surface area contributed by atoms with E-state index in [4.69, 9.17) is 0 Å². The minimum absolute atomic E-state index is 0.145. The molecule has 5 heteroatoms. The summed E-state index contributed by atoms with van der Waals surface area (Å²) in [4.78, 5) is 31.6. The molecule has 0 aromatic rings. The Labute approximate surface area is 145 Å². The monoisotopic (exact) mass is 333 g/mol. The van der Waals surface area contributed by atoms with E-state index in [1.807, 2.05) is 4.90 Å². The van der Waals surface area contributed by atoms with Crippen LogP contribution in [0.15, 0.2) is 0 Å². The standard InChI is InChI=1S/C19H31N3O2/c23-18(15-5-6-15)21-9-7-16(8-10-21)19(24)22-13-11-20(12-14-22)17-3-1-2-4-17/h15-17H,1-14H2. The number of carbonyl (C=O) groups is 2. The van der Waals surface area contributed by atoms with Crippen molar-refractivity contribution in [2.75, 3.05) is 39.3 Å². The zero-order valence-electron chi connectivity index (χ0n) is 14.8. The van der Waals surface area contributed by atoms with Crippen molar-refractivity contribution in [1.29, 1.82) is 0 Å². The lowest BCUT2D eigenvalue weighted by Crippen LogP contribution is -2.53. The van der Waals surface area contributed by atoms with E-state index >= 15 is 0 Å². The number of amides is 2. The summed E-state index contributed by atoms with van der Waals surface area (Å²) in [7, 11) is 0. The van der Waals surface area contributed by atoms with Gasteiger partial charge in [-0.25, -0.2) is 0 Å². The molecule has 0 bridgehead atoms. The Morgan fingerprint density at radius 1 is 0.583 bits per heavy atom. The first-order valence-electron chi connectivity index (χ1n) is 10.0. The maximum Gasteiger partial charge on any atom is 0.225 e. The molecule has 4 rings (SSSR count). The fraction of sp³-hybridized carbons (Fsp3) is 0.895. The molecule has 0 atom stereocenters. The smallest absolute Gasteiger partial charge is 0.225 e. The Morgan fingerprint density at radius 2 is 1.08 bits per heavy atom. The third-order valence-electron chi connectivity index (χ3n) is 6.55. The molecule has 4 aliphatic rings. The van der Waals surface area contributed by atoms with Crippen molar-refractivity contribution in [1.82, 2.24) is 14.7 Å². The molecule has 5 nitrogen and oxygen atoms in total. The molecule has 2 saturated heterocycles. The van der Waals surface area contributed by atoms with E-state index in [2.05, 4.69) is 9.80 Å². The lowest BCUT2D eigenvalue weighted by Gasteiger charge is -2.40. The van der Waals surface area contributed by atoms with Gasteiger partial charge in [0.1, 0.15) is 0 Å². The van der Waals surface area contributed by atoms with Gasteiger partial charge in [-0.3, -0.25) is 14.5 Å². The van der Waals surface area contributed by atoms with Gasteiger partial charge in [-0.05, 0) is 38.5 Å². The summed E-state index contributed by atoms with van der Waals surface area (Å²) < 4.78 is 0. The Kier molecular flexibility index (Phi) is 4.79. The summed E-state index contributed by atoms with van der Waals surface area (Å²) in [5.41, 5.74) is 0. The van der Waals surface area contributed by atoms with E-state index in [-0.39, 0.29) is 5.92 Å². The Morgan fingerprint density at radius 3 is 1.62 bits per heavy atom. The highest BCUT2D eigenvalue weighted by Gasteiger charge is 2.37. The van der Waals surface area contributed by atoms with E-state index in [9.17, 15) is 9.59 Å². The lowest BCUT2D eigenvalue weighted by atomic mass is 9.94. The van der Waals surface area contributed by atoms with Crippen LogP contribution in [0.4, 0.5) is 0 Å². The van der Waals surface area contributed by atoms with Gasteiger partial charge in [0.05, 0.1) is 0 Å². The van der Waals surface area contributed by atoms with Crippen LogP contribution in [-0.4, -0.2) is 71.8 Å². The summed E-state index contributed by atoms with van der Waals surface area (Å²) in [6.45, 7) is 5.47. The molecule has 0 aromatic heterocycles. The van der Waals surface area contributed by atoms with Crippen molar-refractivity contribution in [2.45, 2.75) is 57.4 Å². The van der Waals surface area contributed by atoms with Crippen LogP contribution in [0.5, 0.6) is 0 Å². The third-order valence-corrected chi connectivity index (χ3v) is 6.55. The molecule has 4 fully saturated rings. The topological polar surface area (TPSA) is 43.9 Å². The number of hydrogen-bond donors (Lipinski definition) is 0. The third kappa shape index (κ3) is 3.46. The zero-order valence-corrected chi connectivity index (χ0v) is 14.8. The average molecular weight is 333 g/mol. The SMILES string of the molecule is O=C(C1CC1)N1CCC(C(=O)N2CCN(C3CCCC3)CC2)CC1. The van der Waals surface area contributed by atoms with Crippen molar-refractivity contribution < 1.29 is 9.59 Å². The fourth-order valence-corrected chi connectivity index (χ4v) is 4.77. The van der Waals surface area contributed by atoms with Crippen LogP contribution in [0.1, 0.15) is 51.4 Å². The van der Waals surface area contributed by atoms with Gasteiger partial charge in [-0.15, -0.1) is 0 Å². The van der Waals surface area contributed by atoms with Gasteiger partial charge in [0.15, 0.2) is 0 Å². The first-order chi connectivity index (χ1) is 11.7. The number of piperidine rings is 1. The molecule has 2 aliphatic carbocycles. The van der Waals surface area contributed by atoms with E-state index in [1.165, 1.54) is 25.7 Å². The summed E-state index contributed by atoms with van der Waals surface area (Å²) in [5.74, 6) is 1.14. The Hall–Kier alpha value is -1.10. The maximum atomic E-state index is 12.8. The highest BCUT2D eigenvalue weighted by molar-refractivity contribution is 5.82. The fourth-order valence-electron chi connectivity index (χ4n) is 4.77. The van der Waals surface area contributed by atoms with Gasteiger partial charge in [-0.1, -0.05) is 12.8 Å². The summed E-state index contributed by atoms with van der Waals surface area (Å²) in [6.07, 6.45) is 9.32. The molecular weight excluding hydrogens is 302 g/mol. The molecule has 24 heavy (non-hydrogen) atoms. The van der Waals surface area contributed by atoms with Crippen molar-refractivity contribution >= 4 is 11.8 Å². The van der Waals surface area contributed by atoms with Crippen LogP contribution in [0.25, 0.3) is 0 Å². The average Bonchev–Trinajstić information content (AvgIpc) is 3.35. The van der Waals surface area contributed by atoms with E-state index in [0.29, 0.717) is 17.7 Å². The second-order valence-electron chi connectivity index (χ2n) is 8.17. The van der Waals surface area contributed by atoms with Gasteiger partial charge >= 0.3 is 0 Å². The predicted octanol–water partition coefficient (Wildman–Crippen LogP) is 1.72. The maximum absolute atomic E-state index is 12.8. The van der Waals surface area contributed by atoms with Crippen molar-refractivity contribution in [3.63, 3.8) is 0 Å². The lowest BCUT2D eigenvalue weighted by molar-refractivity contribution is -0.142. The molecule has 0 unspecified atom stereocenters. The van der Waals surface area contributed by atoms with Crippen LogP contribution in [-0.2, 0) is 9.59 Å². The minimum Gasteiger partial charge on any atom is -0.342 e. The minimum atomic E-state index is 0.145. The van der Waals surface area contributed by atoms with Crippen molar-refractivity contribution in [2.24, 2.45) is 11.8 Å². The Bertz CT molecular complexity index is 469. The normalized spacial score (nSPS) is 27.7.